The van der Waals surface area contributed by atoms with Crippen LogP contribution in [0.1, 0.15) is 18.3 Å². The fourth-order valence-electron chi connectivity index (χ4n) is 1.98. The average Bonchev–Trinajstić information content (AvgIpc) is 2.76. The number of nitrogens with zero attached hydrogens (tertiary/aromatic N) is 4. The molecule has 1 aromatic heterocycles. The maximum Gasteiger partial charge on any atom is 0.140 e. The van der Waals surface area contributed by atoms with Crippen LogP contribution >= 0.6 is 0 Å². The molecule has 0 aliphatic carbocycles. The van der Waals surface area contributed by atoms with Gasteiger partial charge in [-0.05, 0) is 31.7 Å². The molecule has 0 amide bonds. The molecule has 18 heavy (non-hydrogen) atoms. The van der Waals surface area contributed by atoms with Crippen LogP contribution in [0.3, 0.4) is 0 Å². The van der Waals surface area contributed by atoms with Crippen LogP contribution < -0.4 is 5.73 Å². The van der Waals surface area contributed by atoms with E-state index in [-0.39, 0.29) is 0 Å². The van der Waals surface area contributed by atoms with Gasteiger partial charge in [0.05, 0.1) is 6.54 Å². The Hall–Kier alpha value is -1.88. The number of nitrogen functional groups attached to an aromatic ring is 1. The van der Waals surface area contributed by atoms with Crippen molar-refractivity contribution < 1.29 is 0 Å². The molecule has 1 heterocycles. The molecule has 0 atom stereocenters. The number of aryl methyl sites for hydroxylation is 1. The predicted molar refractivity (Wildman–Crippen MR) is 71.7 cm³/mol. The van der Waals surface area contributed by atoms with E-state index in [1.807, 2.05) is 22.9 Å². The standard InChI is InChI=1S/C13H19N5/c1-3-18-13(15-10-16-18)9-17(2)8-11-5-4-6-12(14)7-11/h4-7,10H,3,8-9,14H2,1-2H3. The summed E-state index contributed by atoms with van der Waals surface area (Å²) in [6.07, 6.45) is 1.60. The predicted octanol–water partition coefficient (Wildman–Crippen LogP) is 1.51. The lowest BCUT2D eigenvalue weighted by Gasteiger charge is -2.16. The van der Waals surface area contributed by atoms with E-state index < -0.39 is 0 Å². The molecule has 96 valence electrons. The van der Waals surface area contributed by atoms with Crippen LogP contribution in [-0.2, 0) is 19.6 Å². The highest BCUT2D eigenvalue weighted by atomic mass is 15.3. The molecule has 2 rings (SSSR count). The maximum absolute atomic E-state index is 5.77. The second-order valence-corrected chi connectivity index (χ2v) is 4.41. The summed E-state index contributed by atoms with van der Waals surface area (Å²) >= 11 is 0. The number of hydrogen-bond acceptors (Lipinski definition) is 4. The van der Waals surface area contributed by atoms with Gasteiger partial charge in [0.25, 0.3) is 0 Å². The van der Waals surface area contributed by atoms with Gasteiger partial charge in [0, 0.05) is 18.8 Å². The lowest BCUT2D eigenvalue weighted by atomic mass is 10.2. The van der Waals surface area contributed by atoms with Crippen molar-refractivity contribution in [3.05, 3.63) is 42.0 Å². The lowest BCUT2D eigenvalue weighted by molar-refractivity contribution is 0.303. The van der Waals surface area contributed by atoms with Gasteiger partial charge in [0.2, 0.25) is 0 Å². The Balaban J connectivity index is 1.98. The molecule has 0 unspecified atom stereocenters. The van der Waals surface area contributed by atoms with Gasteiger partial charge < -0.3 is 5.73 Å². The van der Waals surface area contributed by atoms with Crippen molar-refractivity contribution >= 4 is 5.69 Å². The molecule has 0 saturated carbocycles. The first-order valence-electron chi connectivity index (χ1n) is 6.08. The first kappa shape index (κ1) is 12.6. The summed E-state index contributed by atoms with van der Waals surface area (Å²) in [5.74, 6) is 0.990. The van der Waals surface area contributed by atoms with Gasteiger partial charge in [-0.1, -0.05) is 12.1 Å². The molecular weight excluding hydrogens is 226 g/mol. The van der Waals surface area contributed by atoms with Crippen LogP contribution in [0, 0.1) is 0 Å². The van der Waals surface area contributed by atoms with Crippen molar-refractivity contribution in [3.63, 3.8) is 0 Å². The molecule has 1 aromatic carbocycles. The highest BCUT2D eigenvalue weighted by molar-refractivity contribution is 5.40. The highest BCUT2D eigenvalue weighted by Gasteiger charge is 2.07. The second kappa shape index (κ2) is 5.64. The fraction of sp³-hybridized carbons (Fsp3) is 0.385. The highest BCUT2D eigenvalue weighted by Crippen LogP contribution is 2.10. The van der Waals surface area contributed by atoms with Gasteiger partial charge in [-0.2, -0.15) is 5.10 Å². The van der Waals surface area contributed by atoms with Crippen molar-refractivity contribution in [2.45, 2.75) is 26.6 Å². The summed E-state index contributed by atoms with van der Waals surface area (Å²) < 4.78 is 1.91. The molecule has 2 N–H and O–H groups in total. The molecular formula is C13H19N5. The normalized spacial score (nSPS) is 11.1. The lowest BCUT2D eigenvalue weighted by Crippen LogP contribution is -2.20. The van der Waals surface area contributed by atoms with Crippen molar-refractivity contribution in [3.8, 4) is 0 Å². The van der Waals surface area contributed by atoms with Gasteiger partial charge in [0.1, 0.15) is 12.2 Å². The molecule has 0 bridgehead atoms. The van der Waals surface area contributed by atoms with Crippen molar-refractivity contribution in [1.29, 1.82) is 0 Å². The molecule has 0 aliphatic rings. The van der Waals surface area contributed by atoms with E-state index in [4.69, 9.17) is 5.73 Å². The fourth-order valence-corrected chi connectivity index (χ4v) is 1.98. The number of rotatable bonds is 5. The summed E-state index contributed by atoms with van der Waals surface area (Å²) in [6.45, 7) is 4.54. The minimum atomic E-state index is 0.780. The Morgan fingerprint density at radius 3 is 2.89 bits per heavy atom. The van der Waals surface area contributed by atoms with Crippen molar-refractivity contribution in [2.75, 3.05) is 12.8 Å². The van der Waals surface area contributed by atoms with E-state index in [2.05, 4.69) is 35.0 Å². The molecule has 2 aromatic rings. The molecule has 5 nitrogen and oxygen atoms in total. The number of nitrogens with two attached hydrogens (primary N) is 1. The zero-order valence-electron chi connectivity index (χ0n) is 10.9. The number of aromatic nitrogens is 3. The van der Waals surface area contributed by atoms with E-state index in [1.54, 1.807) is 6.33 Å². The Morgan fingerprint density at radius 1 is 1.33 bits per heavy atom. The van der Waals surface area contributed by atoms with Crippen LogP contribution in [0.5, 0.6) is 0 Å². The number of anilines is 1. The van der Waals surface area contributed by atoms with Gasteiger partial charge in [-0.25, -0.2) is 9.67 Å². The third kappa shape index (κ3) is 3.07. The largest absolute Gasteiger partial charge is 0.399 e. The monoisotopic (exact) mass is 245 g/mol. The van der Waals surface area contributed by atoms with E-state index in [0.29, 0.717) is 0 Å². The van der Waals surface area contributed by atoms with E-state index >= 15 is 0 Å². The third-order valence-electron chi connectivity index (χ3n) is 2.81. The Bertz CT molecular complexity index is 506. The quantitative estimate of drug-likeness (QED) is 0.811. The van der Waals surface area contributed by atoms with Crippen LogP contribution in [-0.4, -0.2) is 26.7 Å². The number of benzene rings is 1. The summed E-state index contributed by atoms with van der Waals surface area (Å²) in [4.78, 5) is 6.47. The van der Waals surface area contributed by atoms with Gasteiger partial charge in [-0.15, -0.1) is 0 Å². The summed E-state index contributed by atoms with van der Waals surface area (Å²) in [5.41, 5.74) is 7.78. The van der Waals surface area contributed by atoms with E-state index in [9.17, 15) is 0 Å². The van der Waals surface area contributed by atoms with Crippen molar-refractivity contribution in [2.24, 2.45) is 0 Å². The average molecular weight is 245 g/mol. The Labute approximate surface area is 107 Å². The first-order chi connectivity index (χ1) is 8.69. The topological polar surface area (TPSA) is 60.0 Å². The van der Waals surface area contributed by atoms with Gasteiger partial charge in [-0.3, -0.25) is 4.90 Å². The SMILES string of the molecule is CCn1ncnc1CN(C)Cc1cccc(N)c1. The van der Waals surface area contributed by atoms with Crippen LogP contribution in [0.15, 0.2) is 30.6 Å². The van der Waals surface area contributed by atoms with E-state index in [1.165, 1.54) is 5.56 Å². The summed E-state index contributed by atoms with van der Waals surface area (Å²) in [7, 11) is 2.07. The smallest absolute Gasteiger partial charge is 0.140 e. The summed E-state index contributed by atoms with van der Waals surface area (Å²) in [6, 6.07) is 7.96. The molecule has 0 radical (unpaired) electrons. The van der Waals surface area contributed by atoms with Gasteiger partial charge in [0.15, 0.2) is 0 Å². The molecule has 0 spiro atoms. The number of hydrogen-bond donors (Lipinski definition) is 1. The maximum atomic E-state index is 5.77. The molecule has 0 aliphatic heterocycles. The minimum Gasteiger partial charge on any atom is -0.399 e. The second-order valence-electron chi connectivity index (χ2n) is 4.41. The third-order valence-corrected chi connectivity index (χ3v) is 2.81. The first-order valence-corrected chi connectivity index (χ1v) is 6.08. The van der Waals surface area contributed by atoms with Crippen molar-refractivity contribution in [1.82, 2.24) is 19.7 Å². The Morgan fingerprint density at radius 2 is 2.17 bits per heavy atom. The van der Waals surface area contributed by atoms with Crippen LogP contribution in [0.4, 0.5) is 5.69 Å². The zero-order chi connectivity index (χ0) is 13.0. The minimum absolute atomic E-state index is 0.780. The van der Waals surface area contributed by atoms with Gasteiger partial charge >= 0.3 is 0 Å². The zero-order valence-corrected chi connectivity index (χ0v) is 10.9. The molecule has 0 saturated heterocycles. The Kier molecular flexibility index (Phi) is 3.94. The van der Waals surface area contributed by atoms with Crippen LogP contribution in [0.2, 0.25) is 0 Å². The molecule has 5 heteroatoms. The summed E-state index contributed by atoms with van der Waals surface area (Å²) in [5, 5.41) is 4.17. The van der Waals surface area contributed by atoms with Crippen LogP contribution in [0.25, 0.3) is 0 Å². The molecule has 0 fully saturated rings. The van der Waals surface area contributed by atoms with E-state index in [0.717, 1.165) is 31.1 Å².